The number of carbonyl (C=O) groups excluding carboxylic acids is 1. The van der Waals surface area contributed by atoms with Crippen molar-refractivity contribution in [1.29, 1.82) is 0 Å². The molecule has 0 spiro atoms. The summed E-state index contributed by atoms with van der Waals surface area (Å²) in [6, 6.07) is 21.2. The Morgan fingerprint density at radius 3 is 2.51 bits per heavy atom. The number of sulfonamides is 1. The highest BCUT2D eigenvalue weighted by atomic mass is 32.2. The lowest BCUT2D eigenvalue weighted by molar-refractivity contribution is 0.0600. The average molecular weight is 563 g/mol. The van der Waals surface area contributed by atoms with Gasteiger partial charge in [0.2, 0.25) is 10.0 Å². The SMILES string of the molecule is COC(=O)c1ccc(-c2ccc(C3C(c4ccccn4)NC(=S)N3c3ccc(NS(C)(=O)=O)c(C)c3)o2)cc1. The van der Waals surface area contributed by atoms with Gasteiger partial charge in [0, 0.05) is 17.4 Å². The van der Waals surface area contributed by atoms with Gasteiger partial charge in [-0.3, -0.25) is 9.71 Å². The van der Waals surface area contributed by atoms with E-state index < -0.39 is 16.0 Å². The largest absolute Gasteiger partial charge is 0.465 e. The molecule has 0 bridgehead atoms. The Labute approximate surface area is 231 Å². The van der Waals surface area contributed by atoms with E-state index >= 15 is 0 Å². The molecule has 2 aromatic heterocycles. The molecule has 0 radical (unpaired) electrons. The number of nitrogens with one attached hydrogen (secondary N) is 2. The smallest absolute Gasteiger partial charge is 0.337 e. The number of rotatable bonds is 7. The number of benzene rings is 2. The minimum atomic E-state index is -3.42. The molecule has 11 heteroatoms. The Hall–Kier alpha value is -4.22. The van der Waals surface area contributed by atoms with Crippen molar-refractivity contribution in [3.05, 3.63) is 102 Å². The topological polar surface area (TPSA) is 114 Å². The summed E-state index contributed by atoms with van der Waals surface area (Å²) in [7, 11) is -2.08. The van der Waals surface area contributed by atoms with Gasteiger partial charge in [-0.2, -0.15) is 0 Å². The van der Waals surface area contributed by atoms with Crippen LogP contribution in [0.25, 0.3) is 11.3 Å². The average Bonchev–Trinajstić information content (AvgIpc) is 3.54. The van der Waals surface area contributed by atoms with Crippen LogP contribution in [0.5, 0.6) is 0 Å². The third-order valence-corrected chi connectivity index (χ3v) is 7.30. The summed E-state index contributed by atoms with van der Waals surface area (Å²) in [4.78, 5) is 18.3. The molecular weight excluding hydrogens is 536 g/mol. The number of nitrogens with zero attached hydrogens (tertiary/aromatic N) is 2. The predicted octanol–water partition coefficient (Wildman–Crippen LogP) is 4.99. The number of esters is 1. The van der Waals surface area contributed by atoms with Crippen molar-refractivity contribution in [2.75, 3.05) is 23.0 Å². The second kappa shape index (κ2) is 10.5. The first-order valence-corrected chi connectivity index (χ1v) is 14.3. The third-order valence-electron chi connectivity index (χ3n) is 6.39. The van der Waals surface area contributed by atoms with Gasteiger partial charge in [0.25, 0.3) is 0 Å². The van der Waals surface area contributed by atoms with Gasteiger partial charge in [-0.05, 0) is 79.3 Å². The first-order chi connectivity index (χ1) is 18.6. The van der Waals surface area contributed by atoms with E-state index in [4.69, 9.17) is 21.4 Å². The molecule has 1 saturated heterocycles. The molecule has 2 aromatic carbocycles. The molecule has 39 heavy (non-hydrogen) atoms. The number of aromatic nitrogens is 1. The molecule has 200 valence electrons. The van der Waals surface area contributed by atoms with E-state index in [1.54, 1.807) is 36.5 Å². The molecule has 0 saturated carbocycles. The minimum Gasteiger partial charge on any atom is -0.465 e. The van der Waals surface area contributed by atoms with Crippen LogP contribution >= 0.6 is 12.2 Å². The van der Waals surface area contributed by atoms with Crippen LogP contribution in [0.15, 0.2) is 83.4 Å². The van der Waals surface area contributed by atoms with Gasteiger partial charge in [0.05, 0.1) is 36.4 Å². The number of pyridine rings is 1. The fourth-order valence-electron chi connectivity index (χ4n) is 4.59. The quantitative estimate of drug-likeness (QED) is 0.238. The van der Waals surface area contributed by atoms with Crippen molar-refractivity contribution in [2.24, 2.45) is 0 Å². The van der Waals surface area contributed by atoms with E-state index in [1.807, 2.05) is 54.3 Å². The molecular formula is C28H26N4O5S2. The van der Waals surface area contributed by atoms with Gasteiger partial charge in [-0.15, -0.1) is 0 Å². The lowest BCUT2D eigenvalue weighted by atomic mass is 10.0. The molecule has 2 N–H and O–H groups in total. The number of methoxy groups -OCH3 is 1. The normalized spacial score (nSPS) is 17.1. The molecule has 9 nitrogen and oxygen atoms in total. The Kier molecular flexibility index (Phi) is 7.11. The van der Waals surface area contributed by atoms with Gasteiger partial charge in [0.15, 0.2) is 5.11 Å². The molecule has 2 atom stereocenters. The van der Waals surface area contributed by atoms with Gasteiger partial charge in [-0.25, -0.2) is 13.2 Å². The Morgan fingerprint density at radius 1 is 1.10 bits per heavy atom. The van der Waals surface area contributed by atoms with Gasteiger partial charge in [0.1, 0.15) is 17.6 Å². The number of ether oxygens (including phenoxy) is 1. The summed E-state index contributed by atoms with van der Waals surface area (Å²) in [5.41, 5.74) is 4.05. The van der Waals surface area contributed by atoms with E-state index in [2.05, 4.69) is 15.0 Å². The van der Waals surface area contributed by atoms with Crippen molar-refractivity contribution in [2.45, 2.75) is 19.0 Å². The van der Waals surface area contributed by atoms with Crippen LogP contribution in [-0.2, 0) is 14.8 Å². The Bertz CT molecular complexity index is 1640. The number of hydrogen-bond donors (Lipinski definition) is 2. The van der Waals surface area contributed by atoms with Crippen LogP contribution in [-0.4, -0.2) is 37.8 Å². The molecule has 3 heterocycles. The van der Waals surface area contributed by atoms with Gasteiger partial charge >= 0.3 is 5.97 Å². The van der Waals surface area contributed by atoms with Crippen LogP contribution in [0.2, 0.25) is 0 Å². The van der Waals surface area contributed by atoms with Crippen LogP contribution < -0.4 is 14.9 Å². The van der Waals surface area contributed by atoms with Crippen LogP contribution in [0.4, 0.5) is 11.4 Å². The first-order valence-electron chi connectivity index (χ1n) is 12.0. The van der Waals surface area contributed by atoms with E-state index in [0.717, 1.165) is 28.8 Å². The number of thiocarbonyl (C=S) groups is 1. The fraction of sp³-hybridized carbons (Fsp3) is 0.179. The number of furan rings is 1. The van der Waals surface area contributed by atoms with Crippen molar-refractivity contribution >= 4 is 44.7 Å². The zero-order valence-electron chi connectivity index (χ0n) is 21.4. The molecule has 0 amide bonds. The molecule has 0 aliphatic carbocycles. The van der Waals surface area contributed by atoms with Gasteiger partial charge < -0.3 is 19.4 Å². The number of carbonyl (C=O) groups is 1. The number of hydrogen-bond acceptors (Lipinski definition) is 7. The van der Waals surface area contributed by atoms with Gasteiger partial charge in [-0.1, -0.05) is 18.2 Å². The highest BCUT2D eigenvalue weighted by Crippen LogP contribution is 2.43. The molecule has 1 fully saturated rings. The summed E-state index contributed by atoms with van der Waals surface area (Å²) in [6.45, 7) is 1.83. The molecule has 5 rings (SSSR count). The van der Waals surface area contributed by atoms with E-state index in [1.165, 1.54) is 7.11 Å². The van der Waals surface area contributed by atoms with E-state index in [-0.39, 0.29) is 12.1 Å². The second-order valence-electron chi connectivity index (χ2n) is 9.14. The van der Waals surface area contributed by atoms with E-state index in [9.17, 15) is 13.2 Å². The lowest BCUT2D eigenvalue weighted by Crippen LogP contribution is -2.29. The van der Waals surface area contributed by atoms with Crippen LogP contribution in [0.3, 0.4) is 0 Å². The lowest BCUT2D eigenvalue weighted by Gasteiger charge is -2.26. The zero-order valence-corrected chi connectivity index (χ0v) is 23.0. The predicted molar refractivity (Wildman–Crippen MR) is 153 cm³/mol. The number of aryl methyl sites for hydroxylation is 1. The van der Waals surface area contributed by atoms with Crippen LogP contribution in [0.1, 0.15) is 39.5 Å². The summed E-state index contributed by atoms with van der Waals surface area (Å²) in [6.07, 6.45) is 2.84. The molecule has 1 aliphatic rings. The summed E-state index contributed by atoms with van der Waals surface area (Å²) >= 11 is 5.78. The number of anilines is 2. The first kappa shape index (κ1) is 26.4. The maximum Gasteiger partial charge on any atom is 0.337 e. The fourth-order valence-corrected chi connectivity index (χ4v) is 5.56. The minimum absolute atomic E-state index is 0.312. The molecule has 2 unspecified atom stereocenters. The molecule has 4 aromatic rings. The maximum absolute atomic E-state index is 11.8. The van der Waals surface area contributed by atoms with Crippen molar-refractivity contribution in [1.82, 2.24) is 10.3 Å². The summed E-state index contributed by atoms with van der Waals surface area (Å²) in [5, 5.41) is 3.87. The highest BCUT2D eigenvalue weighted by Gasteiger charge is 2.42. The maximum atomic E-state index is 11.8. The second-order valence-corrected chi connectivity index (χ2v) is 11.3. The van der Waals surface area contributed by atoms with E-state index in [0.29, 0.717) is 27.9 Å². The Morgan fingerprint density at radius 2 is 1.87 bits per heavy atom. The zero-order chi connectivity index (χ0) is 27.7. The third kappa shape index (κ3) is 5.50. The van der Waals surface area contributed by atoms with Crippen molar-refractivity contribution in [3.8, 4) is 11.3 Å². The van der Waals surface area contributed by atoms with Crippen molar-refractivity contribution in [3.63, 3.8) is 0 Å². The monoisotopic (exact) mass is 562 g/mol. The van der Waals surface area contributed by atoms with Crippen molar-refractivity contribution < 1.29 is 22.4 Å². The van der Waals surface area contributed by atoms with Crippen LogP contribution in [0, 0.1) is 6.92 Å². The summed E-state index contributed by atoms with van der Waals surface area (Å²) in [5.74, 6) is 0.873. The highest BCUT2D eigenvalue weighted by molar-refractivity contribution is 7.92. The Balaban J connectivity index is 1.54. The standard InChI is InChI=1S/C28H26N4O5S2/c1-17-16-20(11-12-21(17)31-39(3,34)35)32-26(25(30-28(32)38)22-6-4-5-15-29-22)24-14-13-23(37-24)18-7-9-19(10-8-18)27(33)36-2/h4-16,25-26,31H,1-3H3,(H,30,38). The molecule has 1 aliphatic heterocycles. The summed E-state index contributed by atoms with van der Waals surface area (Å²) < 4.78 is 37.2.